The van der Waals surface area contributed by atoms with Crippen molar-refractivity contribution in [1.29, 1.82) is 5.26 Å². The van der Waals surface area contributed by atoms with E-state index in [1.54, 1.807) is 0 Å². The average Bonchev–Trinajstić information content (AvgIpc) is 3.35. The normalized spacial score (nSPS) is 14.6. The smallest absolute Gasteiger partial charge is 0.201 e. The number of aromatic amines is 1. The number of hydrogen-bond donors (Lipinski definition) is 2. The molecular formula is C25H25N5O2. The van der Waals surface area contributed by atoms with Crippen LogP contribution in [0.1, 0.15) is 35.4 Å². The highest BCUT2D eigenvalue weighted by molar-refractivity contribution is 5.98. The number of rotatable bonds is 4. The van der Waals surface area contributed by atoms with E-state index in [0.29, 0.717) is 11.6 Å². The largest absolute Gasteiger partial charge is 0.381 e. The summed E-state index contributed by atoms with van der Waals surface area (Å²) in [7, 11) is 0. The van der Waals surface area contributed by atoms with Crippen molar-refractivity contribution in [3.8, 4) is 28.3 Å². The Morgan fingerprint density at radius 1 is 1.12 bits per heavy atom. The lowest BCUT2D eigenvalue weighted by molar-refractivity contribution is 0.0903. The number of fused-ring (bicyclic) bond motifs is 1. The zero-order chi connectivity index (χ0) is 22.2. The van der Waals surface area contributed by atoms with Gasteiger partial charge in [-0.3, -0.25) is 0 Å². The topological polar surface area (TPSA) is 99.8 Å². The fourth-order valence-corrected chi connectivity index (χ4v) is 4.51. The second kappa shape index (κ2) is 8.13. The summed E-state index contributed by atoms with van der Waals surface area (Å²) in [6.07, 6.45) is 1.91. The molecule has 0 saturated carbocycles. The molecule has 0 amide bonds. The maximum atomic E-state index is 9.55. The number of aryl methyl sites for hydroxylation is 2. The second-order valence-electron chi connectivity index (χ2n) is 8.33. The first-order valence-corrected chi connectivity index (χ1v) is 10.9. The van der Waals surface area contributed by atoms with Gasteiger partial charge in [-0.1, -0.05) is 17.3 Å². The van der Waals surface area contributed by atoms with Gasteiger partial charge in [-0.2, -0.15) is 5.26 Å². The molecule has 2 N–H and O–H groups in total. The third kappa shape index (κ3) is 3.53. The number of nitrogens with one attached hydrogen (secondary N) is 2. The van der Waals surface area contributed by atoms with Crippen LogP contribution in [0.2, 0.25) is 0 Å². The third-order valence-corrected chi connectivity index (χ3v) is 6.22. The summed E-state index contributed by atoms with van der Waals surface area (Å²) in [5.74, 6) is 1.52. The molecule has 1 aliphatic heterocycles. The highest BCUT2D eigenvalue weighted by Crippen LogP contribution is 2.38. The minimum atomic E-state index is 0.332. The summed E-state index contributed by atoms with van der Waals surface area (Å²) in [5, 5.41) is 17.2. The lowest BCUT2D eigenvalue weighted by atomic mass is 9.92. The number of benzene rings is 2. The predicted octanol–water partition coefficient (Wildman–Crippen LogP) is 5.27. The van der Waals surface area contributed by atoms with Gasteiger partial charge in [0.2, 0.25) is 5.95 Å². The van der Waals surface area contributed by atoms with E-state index in [9.17, 15) is 5.26 Å². The summed E-state index contributed by atoms with van der Waals surface area (Å²) < 4.78 is 10.9. The van der Waals surface area contributed by atoms with Gasteiger partial charge in [-0.05, 0) is 68.5 Å². The molecular weight excluding hydrogens is 402 g/mol. The van der Waals surface area contributed by atoms with Crippen LogP contribution in [0.25, 0.3) is 33.3 Å². The Kier molecular flexibility index (Phi) is 5.16. The van der Waals surface area contributed by atoms with Crippen LogP contribution in [0.3, 0.4) is 0 Å². The molecule has 0 radical (unpaired) electrons. The van der Waals surface area contributed by atoms with Gasteiger partial charge >= 0.3 is 0 Å². The fraction of sp³-hybridized carbons (Fsp3) is 0.320. The summed E-state index contributed by atoms with van der Waals surface area (Å²) in [5.41, 5.74) is 8.19. The Hall–Kier alpha value is -3.63. The Bertz CT molecular complexity index is 1320. The van der Waals surface area contributed by atoms with E-state index in [-0.39, 0.29) is 0 Å². The number of imidazole rings is 1. The summed E-state index contributed by atoms with van der Waals surface area (Å²) in [6.45, 7) is 7.38. The van der Waals surface area contributed by atoms with Crippen molar-refractivity contribution in [2.75, 3.05) is 18.5 Å². The quantitative estimate of drug-likeness (QED) is 0.460. The van der Waals surface area contributed by atoms with Crippen molar-refractivity contribution in [1.82, 2.24) is 15.1 Å². The van der Waals surface area contributed by atoms with Crippen LogP contribution in [-0.4, -0.2) is 34.4 Å². The summed E-state index contributed by atoms with van der Waals surface area (Å²) >= 11 is 0. The highest BCUT2D eigenvalue weighted by Gasteiger charge is 2.20. The number of H-pyrrole nitrogens is 1. The van der Waals surface area contributed by atoms with Gasteiger partial charge in [0, 0.05) is 30.4 Å². The Labute approximate surface area is 186 Å². The van der Waals surface area contributed by atoms with Crippen molar-refractivity contribution in [3.63, 3.8) is 0 Å². The zero-order valence-corrected chi connectivity index (χ0v) is 18.5. The molecule has 0 bridgehead atoms. The minimum absolute atomic E-state index is 0.332. The van der Waals surface area contributed by atoms with E-state index in [1.165, 1.54) is 0 Å². The number of anilines is 1. The maximum Gasteiger partial charge on any atom is 0.201 e. The number of nitrogens with zero attached hydrogens (tertiary/aromatic N) is 3. The third-order valence-electron chi connectivity index (χ3n) is 6.22. The van der Waals surface area contributed by atoms with Gasteiger partial charge in [-0.25, -0.2) is 4.98 Å². The molecule has 7 nitrogen and oxygen atoms in total. The molecule has 1 fully saturated rings. The van der Waals surface area contributed by atoms with Crippen LogP contribution in [0.5, 0.6) is 0 Å². The molecule has 0 spiro atoms. The molecule has 3 heterocycles. The van der Waals surface area contributed by atoms with Gasteiger partial charge in [-0.15, -0.1) is 0 Å². The van der Waals surface area contributed by atoms with Gasteiger partial charge in [0.1, 0.15) is 5.76 Å². The Morgan fingerprint density at radius 3 is 2.66 bits per heavy atom. The first-order valence-electron chi connectivity index (χ1n) is 10.9. The van der Waals surface area contributed by atoms with Gasteiger partial charge < -0.3 is 19.6 Å². The zero-order valence-electron chi connectivity index (χ0n) is 18.5. The van der Waals surface area contributed by atoms with Crippen molar-refractivity contribution in [2.45, 2.75) is 39.7 Å². The molecule has 1 saturated heterocycles. The molecule has 32 heavy (non-hydrogen) atoms. The summed E-state index contributed by atoms with van der Waals surface area (Å²) in [4.78, 5) is 8.38. The fourth-order valence-electron chi connectivity index (χ4n) is 4.51. The second-order valence-corrected chi connectivity index (χ2v) is 8.33. The SMILES string of the molecule is Cc1noc(C)c1-c1cc(-c2cccc(C#N)c2C)c2nc(NC3CCOCC3)[nH]c2c1. The molecule has 0 unspecified atom stereocenters. The van der Waals surface area contributed by atoms with Crippen molar-refractivity contribution < 1.29 is 9.26 Å². The van der Waals surface area contributed by atoms with Crippen LogP contribution >= 0.6 is 0 Å². The van der Waals surface area contributed by atoms with E-state index in [4.69, 9.17) is 14.2 Å². The van der Waals surface area contributed by atoms with Crippen LogP contribution < -0.4 is 5.32 Å². The lowest BCUT2D eigenvalue weighted by Gasteiger charge is -2.22. The Balaban J connectivity index is 1.70. The molecule has 0 aliphatic carbocycles. The molecule has 1 aliphatic rings. The van der Waals surface area contributed by atoms with Gasteiger partial charge in [0.15, 0.2) is 0 Å². The van der Waals surface area contributed by atoms with E-state index >= 15 is 0 Å². The first kappa shape index (κ1) is 20.3. The molecule has 5 rings (SSSR count). The molecule has 0 atom stereocenters. The van der Waals surface area contributed by atoms with Crippen LogP contribution in [0.4, 0.5) is 5.95 Å². The van der Waals surface area contributed by atoms with Crippen molar-refractivity contribution in [2.24, 2.45) is 0 Å². The van der Waals surface area contributed by atoms with E-state index in [2.05, 4.69) is 33.7 Å². The molecule has 162 valence electrons. The van der Waals surface area contributed by atoms with Crippen LogP contribution in [0, 0.1) is 32.1 Å². The average molecular weight is 428 g/mol. The molecule has 2 aromatic heterocycles. The summed E-state index contributed by atoms with van der Waals surface area (Å²) in [6, 6.07) is 12.7. The van der Waals surface area contributed by atoms with Crippen LogP contribution in [-0.2, 0) is 4.74 Å². The van der Waals surface area contributed by atoms with E-state index < -0.39 is 0 Å². The number of ether oxygens (including phenoxy) is 1. The predicted molar refractivity (Wildman–Crippen MR) is 123 cm³/mol. The number of hydrogen-bond acceptors (Lipinski definition) is 6. The van der Waals surface area contributed by atoms with E-state index in [1.807, 2.05) is 39.0 Å². The first-order chi connectivity index (χ1) is 15.5. The maximum absolute atomic E-state index is 9.55. The number of aromatic nitrogens is 3. The monoisotopic (exact) mass is 427 g/mol. The number of nitriles is 1. The lowest BCUT2D eigenvalue weighted by Crippen LogP contribution is -2.28. The van der Waals surface area contributed by atoms with Gasteiger partial charge in [0.25, 0.3) is 0 Å². The molecule has 2 aromatic carbocycles. The van der Waals surface area contributed by atoms with Crippen molar-refractivity contribution in [3.05, 3.63) is 52.9 Å². The Morgan fingerprint density at radius 2 is 1.94 bits per heavy atom. The van der Waals surface area contributed by atoms with Crippen LogP contribution in [0.15, 0.2) is 34.9 Å². The highest BCUT2D eigenvalue weighted by atomic mass is 16.5. The molecule has 7 heteroatoms. The van der Waals surface area contributed by atoms with Crippen molar-refractivity contribution >= 4 is 17.0 Å². The molecule has 4 aromatic rings. The van der Waals surface area contributed by atoms with E-state index in [0.717, 1.165) is 82.3 Å². The van der Waals surface area contributed by atoms with Gasteiger partial charge in [0.05, 0.1) is 28.4 Å². The minimum Gasteiger partial charge on any atom is -0.381 e. The standard InChI is InChI=1S/C25H25N5O2/c1-14-17(13-26)5-4-6-20(14)21-11-18(23-15(2)30-32-16(23)3)12-22-24(21)29-25(28-22)27-19-7-9-31-10-8-19/h4-6,11-12,19H,7-10H2,1-3H3,(H2,27,28,29).